The van der Waals surface area contributed by atoms with Gasteiger partial charge in [0.25, 0.3) is 5.91 Å². The Labute approximate surface area is 184 Å². The molecule has 4 rings (SSSR count). The van der Waals surface area contributed by atoms with Crippen LogP contribution in [0.5, 0.6) is 11.5 Å². The van der Waals surface area contributed by atoms with E-state index >= 15 is 0 Å². The minimum atomic E-state index is -0.335. The van der Waals surface area contributed by atoms with Crippen molar-refractivity contribution < 1.29 is 19.1 Å². The monoisotopic (exact) mass is 436 g/mol. The van der Waals surface area contributed by atoms with E-state index in [-0.39, 0.29) is 17.7 Å². The van der Waals surface area contributed by atoms with Crippen molar-refractivity contribution in [3.05, 3.63) is 48.3 Å². The van der Waals surface area contributed by atoms with Crippen molar-refractivity contribution in [2.24, 2.45) is 5.92 Å². The molecular weight excluding hydrogens is 412 g/mol. The molecule has 1 aliphatic rings. The van der Waals surface area contributed by atoms with Crippen LogP contribution in [0.3, 0.4) is 0 Å². The molecule has 1 saturated carbocycles. The van der Waals surface area contributed by atoms with E-state index in [1.807, 2.05) is 13.8 Å². The molecule has 10 heteroatoms. The molecule has 0 bridgehead atoms. The molecule has 0 unspecified atom stereocenters. The SMILES string of the molecule is CCOc1cc(NC(=O)C2CC2)c(OCC)cc1NC(=O)c1cccc(-n2cnnn2)c1. The van der Waals surface area contributed by atoms with Gasteiger partial charge in [-0.25, -0.2) is 4.68 Å². The van der Waals surface area contributed by atoms with Gasteiger partial charge in [0.1, 0.15) is 17.8 Å². The number of carbonyl (C=O) groups is 2. The zero-order valence-electron chi connectivity index (χ0n) is 17.9. The van der Waals surface area contributed by atoms with E-state index in [0.29, 0.717) is 47.3 Å². The lowest BCUT2D eigenvalue weighted by atomic mass is 10.1. The van der Waals surface area contributed by atoms with Crippen LogP contribution in [0.4, 0.5) is 11.4 Å². The first-order valence-corrected chi connectivity index (χ1v) is 10.5. The predicted molar refractivity (Wildman–Crippen MR) is 117 cm³/mol. The highest BCUT2D eigenvalue weighted by molar-refractivity contribution is 6.06. The van der Waals surface area contributed by atoms with Crippen LogP contribution in [0.1, 0.15) is 37.0 Å². The summed E-state index contributed by atoms with van der Waals surface area (Å²) >= 11 is 0. The predicted octanol–water partition coefficient (Wildman–Crippen LogP) is 3.06. The van der Waals surface area contributed by atoms with Gasteiger partial charge in [-0.05, 0) is 55.3 Å². The Kier molecular flexibility index (Phi) is 6.29. The standard InChI is InChI=1S/C22H24N6O4/c1-3-31-19-12-18(20(32-4-2)11-17(19)24-21(29)14-8-9-14)25-22(30)15-6-5-7-16(10-15)28-13-23-26-27-28/h5-7,10-14H,3-4,8-9H2,1-2H3,(H,24,29)(H,25,30). The lowest BCUT2D eigenvalue weighted by Crippen LogP contribution is -2.16. The highest BCUT2D eigenvalue weighted by atomic mass is 16.5. The van der Waals surface area contributed by atoms with Crippen molar-refractivity contribution >= 4 is 23.2 Å². The van der Waals surface area contributed by atoms with Crippen LogP contribution in [0, 0.1) is 5.92 Å². The number of hydrogen-bond donors (Lipinski definition) is 2. The molecule has 1 aromatic heterocycles. The van der Waals surface area contributed by atoms with Gasteiger partial charge in [-0.15, -0.1) is 5.10 Å². The zero-order valence-corrected chi connectivity index (χ0v) is 17.9. The molecule has 1 aliphatic carbocycles. The summed E-state index contributed by atoms with van der Waals surface area (Å²) in [7, 11) is 0. The summed E-state index contributed by atoms with van der Waals surface area (Å²) < 4.78 is 12.9. The molecule has 2 N–H and O–H groups in total. The van der Waals surface area contributed by atoms with Crippen molar-refractivity contribution in [2.75, 3.05) is 23.8 Å². The molecule has 0 spiro atoms. The normalized spacial score (nSPS) is 12.8. The van der Waals surface area contributed by atoms with E-state index < -0.39 is 0 Å². The number of nitrogens with zero attached hydrogens (tertiary/aromatic N) is 4. The largest absolute Gasteiger partial charge is 0.492 e. The summed E-state index contributed by atoms with van der Waals surface area (Å²) in [6.07, 6.45) is 3.24. The van der Waals surface area contributed by atoms with Gasteiger partial charge in [0.05, 0.1) is 30.3 Å². The molecule has 1 fully saturated rings. The lowest BCUT2D eigenvalue weighted by Gasteiger charge is -2.18. The van der Waals surface area contributed by atoms with Crippen LogP contribution in [0.25, 0.3) is 5.69 Å². The third kappa shape index (κ3) is 4.85. The Morgan fingerprint density at radius 1 is 1.03 bits per heavy atom. The molecular formula is C22H24N6O4. The van der Waals surface area contributed by atoms with Crippen LogP contribution in [-0.2, 0) is 4.79 Å². The molecule has 32 heavy (non-hydrogen) atoms. The first kappa shape index (κ1) is 21.3. The molecule has 0 atom stereocenters. The molecule has 0 radical (unpaired) electrons. The maximum Gasteiger partial charge on any atom is 0.255 e. The van der Waals surface area contributed by atoms with Crippen molar-refractivity contribution in [1.82, 2.24) is 20.2 Å². The van der Waals surface area contributed by atoms with Gasteiger partial charge < -0.3 is 20.1 Å². The van der Waals surface area contributed by atoms with Crippen LogP contribution >= 0.6 is 0 Å². The number of tetrazole rings is 1. The minimum absolute atomic E-state index is 0.0374. The fourth-order valence-electron chi connectivity index (χ4n) is 3.15. The van der Waals surface area contributed by atoms with Crippen LogP contribution in [-0.4, -0.2) is 45.2 Å². The number of ether oxygens (including phenoxy) is 2. The first-order chi connectivity index (χ1) is 15.6. The van der Waals surface area contributed by atoms with E-state index in [1.165, 1.54) is 11.0 Å². The smallest absolute Gasteiger partial charge is 0.255 e. The van der Waals surface area contributed by atoms with E-state index in [9.17, 15) is 9.59 Å². The van der Waals surface area contributed by atoms with Crippen LogP contribution in [0.2, 0.25) is 0 Å². The Bertz CT molecular complexity index is 1110. The summed E-state index contributed by atoms with van der Waals surface area (Å²) in [5.41, 5.74) is 2.04. The molecule has 166 valence electrons. The number of anilines is 2. The van der Waals surface area contributed by atoms with Gasteiger partial charge in [-0.1, -0.05) is 6.07 Å². The maximum atomic E-state index is 13.0. The van der Waals surface area contributed by atoms with Crippen LogP contribution in [0.15, 0.2) is 42.7 Å². The molecule has 2 aromatic carbocycles. The summed E-state index contributed by atoms with van der Waals surface area (Å²) in [5, 5.41) is 16.9. The summed E-state index contributed by atoms with van der Waals surface area (Å²) in [6.45, 7) is 4.50. The topological polar surface area (TPSA) is 120 Å². The Morgan fingerprint density at radius 2 is 1.72 bits per heavy atom. The van der Waals surface area contributed by atoms with Gasteiger partial charge in [-0.3, -0.25) is 9.59 Å². The van der Waals surface area contributed by atoms with E-state index in [0.717, 1.165) is 12.8 Å². The van der Waals surface area contributed by atoms with Crippen molar-refractivity contribution in [2.45, 2.75) is 26.7 Å². The highest BCUT2D eigenvalue weighted by Crippen LogP contribution is 2.39. The van der Waals surface area contributed by atoms with Crippen LogP contribution < -0.4 is 20.1 Å². The third-order valence-electron chi connectivity index (χ3n) is 4.86. The molecule has 3 aromatic rings. The lowest BCUT2D eigenvalue weighted by molar-refractivity contribution is -0.117. The van der Waals surface area contributed by atoms with E-state index in [2.05, 4.69) is 26.2 Å². The third-order valence-corrected chi connectivity index (χ3v) is 4.86. The molecule has 0 saturated heterocycles. The maximum absolute atomic E-state index is 13.0. The summed E-state index contributed by atoms with van der Waals surface area (Å²) in [5.74, 6) is 0.573. The molecule has 10 nitrogen and oxygen atoms in total. The van der Waals surface area contributed by atoms with Crippen molar-refractivity contribution in [3.8, 4) is 17.2 Å². The second-order valence-corrected chi connectivity index (χ2v) is 7.23. The quantitative estimate of drug-likeness (QED) is 0.529. The number of carbonyl (C=O) groups excluding carboxylic acids is 2. The average molecular weight is 436 g/mol. The Hall–Kier alpha value is -3.95. The zero-order chi connectivity index (χ0) is 22.5. The summed E-state index contributed by atoms with van der Waals surface area (Å²) in [6, 6.07) is 10.3. The number of rotatable bonds is 9. The molecule has 2 amide bonds. The fourth-order valence-corrected chi connectivity index (χ4v) is 3.15. The van der Waals surface area contributed by atoms with Gasteiger partial charge in [0.15, 0.2) is 0 Å². The number of hydrogen-bond acceptors (Lipinski definition) is 7. The minimum Gasteiger partial charge on any atom is -0.492 e. The fraction of sp³-hybridized carbons (Fsp3) is 0.318. The van der Waals surface area contributed by atoms with Gasteiger partial charge in [0.2, 0.25) is 5.91 Å². The number of benzene rings is 2. The Balaban J connectivity index is 1.61. The molecule has 1 heterocycles. The van der Waals surface area contributed by atoms with E-state index in [4.69, 9.17) is 9.47 Å². The highest BCUT2D eigenvalue weighted by Gasteiger charge is 2.30. The van der Waals surface area contributed by atoms with Gasteiger partial charge >= 0.3 is 0 Å². The number of nitrogens with one attached hydrogen (secondary N) is 2. The first-order valence-electron chi connectivity index (χ1n) is 10.5. The average Bonchev–Trinajstić information content (AvgIpc) is 3.51. The second-order valence-electron chi connectivity index (χ2n) is 7.23. The van der Waals surface area contributed by atoms with Crippen molar-refractivity contribution in [3.63, 3.8) is 0 Å². The molecule has 0 aliphatic heterocycles. The number of aromatic nitrogens is 4. The van der Waals surface area contributed by atoms with Gasteiger partial charge in [-0.2, -0.15) is 0 Å². The number of amides is 2. The van der Waals surface area contributed by atoms with E-state index in [1.54, 1.807) is 36.4 Å². The summed E-state index contributed by atoms with van der Waals surface area (Å²) in [4.78, 5) is 25.3. The van der Waals surface area contributed by atoms with Gasteiger partial charge in [0, 0.05) is 23.6 Å². The van der Waals surface area contributed by atoms with Crippen molar-refractivity contribution in [1.29, 1.82) is 0 Å². The Morgan fingerprint density at radius 3 is 2.31 bits per heavy atom. The second kappa shape index (κ2) is 9.46.